The standard InChI is InChI=1S/C15H14S/c1-16-15-11-9-14(10-12-15)8-7-13-5-3-2-4-6-13/h2-12H,1H3/b8-7-. The van der Waals surface area contributed by atoms with Gasteiger partial charge in [0.05, 0.1) is 0 Å². The summed E-state index contributed by atoms with van der Waals surface area (Å²) in [5.41, 5.74) is 2.47. The Kier molecular flexibility index (Phi) is 3.84. The third-order valence-electron chi connectivity index (χ3n) is 2.38. The molecule has 0 spiro atoms. The van der Waals surface area contributed by atoms with Crippen molar-refractivity contribution in [2.75, 3.05) is 6.26 Å². The van der Waals surface area contributed by atoms with Gasteiger partial charge < -0.3 is 0 Å². The first kappa shape index (κ1) is 11.0. The molecular weight excluding hydrogens is 212 g/mol. The highest BCUT2D eigenvalue weighted by Gasteiger charge is 1.89. The van der Waals surface area contributed by atoms with E-state index < -0.39 is 0 Å². The molecular formula is C15H14S. The van der Waals surface area contributed by atoms with E-state index in [1.54, 1.807) is 11.8 Å². The van der Waals surface area contributed by atoms with Gasteiger partial charge in [-0.2, -0.15) is 0 Å². The Morgan fingerprint density at radius 1 is 0.750 bits per heavy atom. The lowest BCUT2D eigenvalue weighted by Gasteiger charge is -1.97. The summed E-state index contributed by atoms with van der Waals surface area (Å²) in [6, 6.07) is 18.9. The number of hydrogen-bond acceptors (Lipinski definition) is 1. The molecule has 0 saturated heterocycles. The van der Waals surface area contributed by atoms with Gasteiger partial charge in [0, 0.05) is 4.90 Å². The predicted molar refractivity (Wildman–Crippen MR) is 73.6 cm³/mol. The minimum absolute atomic E-state index is 1.23. The fourth-order valence-corrected chi connectivity index (χ4v) is 1.88. The minimum atomic E-state index is 1.23. The molecule has 0 unspecified atom stereocenters. The molecule has 0 bridgehead atoms. The van der Waals surface area contributed by atoms with Crippen LogP contribution >= 0.6 is 11.8 Å². The topological polar surface area (TPSA) is 0 Å². The van der Waals surface area contributed by atoms with Crippen molar-refractivity contribution >= 4 is 23.9 Å². The van der Waals surface area contributed by atoms with Gasteiger partial charge in [-0.05, 0) is 29.5 Å². The van der Waals surface area contributed by atoms with Crippen molar-refractivity contribution in [3.8, 4) is 0 Å². The SMILES string of the molecule is CSc1ccc(/C=C\c2ccccc2)cc1. The van der Waals surface area contributed by atoms with Crippen molar-refractivity contribution in [1.82, 2.24) is 0 Å². The lowest BCUT2D eigenvalue weighted by molar-refractivity contribution is 1.45. The van der Waals surface area contributed by atoms with Crippen LogP contribution in [0.15, 0.2) is 59.5 Å². The third-order valence-corrected chi connectivity index (χ3v) is 3.13. The molecule has 0 amide bonds. The second kappa shape index (κ2) is 5.57. The minimum Gasteiger partial charge on any atom is -0.130 e. The Balaban J connectivity index is 2.12. The van der Waals surface area contributed by atoms with Crippen molar-refractivity contribution in [3.63, 3.8) is 0 Å². The molecule has 0 saturated carbocycles. The zero-order valence-electron chi connectivity index (χ0n) is 9.26. The summed E-state index contributed by atoms with van der Waals surface area (Å²) in [5.74, 6) is 0. The highest BCUT2D eigenvalue weighted by atomic mass is 32.2. The predicted octanol–water partition coefficient (Wildman–Crippen LogP) is 4.58. The molecule has 0 aliphatic carbocycles. The zero-order valence-corrected chi connectivity index (χ0v) is 10.1. The number of hydrogen-bond donors (Lipinski definition) is 0. The van der Waals surface area contributed by atoms with Crippen LogP contribution in [0.4, 0.5) is 0 Å². The Morgan fingerprint density at radius 3 is 1.88 bits per heavy atom. The average Bonchev–Trinajstić information content (AvgIpc) is 2.38. The number of thioether (sulfide) groups is 1. The second-order valence-corrected chi connectivity index (χ2v) is 4.40. The van der Waals surface area contributed by atoms with Crippen LogP contribution in [0.1, 0.15) is 11.1 Å². The van der Waals surface area contributed by atoms with Crippen LogP contribution in [0.3, 0.4) is 0 Å². The van der Waals surface area contributed by atoms with Gasteiger partial charge in [-0.15, -0.1) is 11.8 Å². The van der Waals surface area contributed by atoms with Gasteiger partial charge in [0.1, 0.15) is 0 Å². The van der Waals surface area contributed by atoms with Crippen LogP contribution in [0.5, 0.6) is 0 Å². The quantitative estimate of drug-likeness (QED) is 0.545. The monoisotopic (exact) mass is 226 g/mol. The van der Waals surface area contributed by atoms with Crippen LogP contribution < -0.4 is 0 Å². The van der Waals surface area contributed by atoms with E-state index in [9.17, 15) is 0 Å². The van der Waals surface area contributed by atoms with E-state index in [1.165, 1.54) is 16.0 Å². The van der Waals surface area contributed by atoms with Gasteiger partial charge in [-0.25, -0.2) is 0 Å². The first-order valence-electron chi connectivity index (χ1n) is 5.26. The third kappa shape index (κ3) is 3.01. The molecule has 0 fully saturated rings. The molecule has 0 aliphatic heterocycles. The van der Waals surface area contributed by atoms with Gasteiger partial charge >= 0.3 is 0 Å². The van der Waals surface area contributed by atoms with Crippen molar-refractivity contribution in [2.45, 2.75) is 4.90 Å². The Morgan fingerprint density at radius 2 is 1.31 bits per heavy atom. The van der Waals surface area contributed by atoms with Gasteiger partial charge in [0.2, 0.25) is 0 Å². The molecule has 0 radical (unpaired) electrons. The van der Waals surface area contributed by atoms with E-state index in [2.05, 4.69) is 66.9 Å². The molecule has 2 aromatic rings. The summed E-state index contributed by atoms with van der Waals surface area (Å²) in [6.45, 7) is 0. The first-order valence-corrected chi connectivity index (χ1v) is 6.48. The highest BCUT2D eigenvalue weighted by Crippen LogP contribution is 2.16. The summed E-state index contributed by atoms with van der Waals surface area (Å²) in [7, 11) is 0. The van der Waals surface area contributed by atoms with Crippen LogP contribution in [-0.2, 0) is 0 Å². The van der Waals surface area contributed by atoms with E-state index in [0.717, 1.165) is 0 Å². The molecule has 0 heterocycles. The molecule has 0 aromatic heterocycles. The van der Waals surface area contributed by atoms with Crippen LogP contribution in [0.25, 0.3) is 12.2 Å². The maximum atomic E-state index is 2.15. The molecule has 0 nitrogen and oxygen atoms in total. The van der Waals surface area contributed by atoms with Crippen molar-refractivity contribution in [1.29, 1.82) is 0 Å². The maximum absolute atomic E-state index is 2.15. The Labute approximate surface area is 101 Å². The van der Waals surface area contributed by atoms with E-state index in [1.807, 2.05) is 6.07 Å². The molecule has 0 atom stereocenters. The number of rotatable bonds is 3. The first-order chi connectivity index (χ1) is 7.88. The molecule has 1 heteroatoms. The van der Waals surface area contributed by atoms with Crippen molar-refractivity contribution < 1.29 is 0 Å². The highest BCUT2D eigenvalue weighted by molar-refractivity contribution is 7.98. The summed E-state index contributed by atoms with van der Waals surface area (Å²) in [4.78, 5) is 1.30. The van der Waals surface area contributed by atoms with E-state index in [4.69, 9.17) is 0 Å². The van der Waals surface area contributed by atoms with E-state index >= 15 is 0 Å². The van der Waals surface area contributed by atoms with Crippen LogP contribution in [0, 0.1) is 0 Å². The molecule has 2 rings (SSSR count). The van der Waals surface area contributed by atoms with E-state index in [0.29, 0.717) is 0 Å². The van der Waals surface area contributed by atoms with Crippen LogP contribution in [0.2, 0.25) is 0 Å². The van der Waals surface area contributed by atoms with E-state index in [-0.39, 0.29) is 0 Å². The van der Waals surface area contributed by atoms with Crippen molar-refractivity contribution in [3.05, 3.63) is 65.7 Å². The fraction of sp³-hybridized carbons (Fsp3) is 0.0667. The zero-order chi connectivity index (χ0) is 11.2. The molecule has 80 valence electrons. The van der Waals surface area contributed by atoms with Gasteiger partial charge in [-0.3, -0.25) is 0 Å². The Hall–Kier alpha value is -1.47. The summed E-state index contributed by atoms with van der Waals surface area (Å²) >= 11 is 1.77. The molecule has 0 N–H and O–H groups in total. The van der Waals surface area contributed by atoms with Gasteiger partial charge in [-0.1, -0.05) is 54.6 Å². The largest absolute Gasteiger partial charge is 0.130 e. The summed E-state index contributed by atoms with van der Waals surface area (Å²) in [5, 5.41) is 0. The second-order valence-electron chi connectivity index (χ2n) is 3.52. The molecule has 2 aromatic carbocycles. The van der Waals surface area contributed by atoms with Gasteiger partial charge in [0.25, 0.3) is 0 Å². The summed E-state index contributed by atoms with van der Waals surface area (Å²) in [6.07, 6.45) is 6.36. The van der Waals surface area contributed by atoms with Crippen molar-refractivity contribution in [2.24, 2.45) is 0 Å². The lowest BCUT2D eigenvalue weighted by atomic mass is 10.1. The summed E-state index contributed by atoms with van der Waals surface area (Å²) < 4.78 is 0. The van der Waals surface area contributed by atoms with Gasteiger partial charge in [0.15, 0.2) is 0 Å². The molecule has 16 heavy (non-hydrogen) atoms. The fourth-order valence-electron chi connectivity index (χ4n) is 1.47. The smallest absolute Gasteiger partial charge is 0.00695 e. The molecule has 0 aliphatic rings. The lowest BCUT2D eigenvalue weighted by Crippen LogP contribution is -1.73. The number of benzene rings is 2. The average molecular weight is 226 g/mol. The van der Waals surface area contributed by atoms with Crippen LogP contribution in [-0.4, -0.2) is 6.26 Å². The maximum Gasteiger partial charge on any atom is 0.00695 e. The Bertz CT molecular complexity index is 455. The normalized spacial score (nSPS) is 10.8.